The summed E-state index contributed by atoms with van der Waals surface area (Å²) in [7, 11) is 0. The van der Waals surface area contributed by atoms with Gasteiger partial charge in [-0.15, -0.1) is 0 Å². The molecule has 5 heavy (non-hydrogen) atoms. The first kappa shape index (κ1) is 29.8. The van der Waals surface area contributed by atoms with Crippen LogP contribution in [-0.2, 0) is 5.48 Å². The molecule has 1 nitrogen and oxygen atoms in total. The second-order valence-corrected chi connectivity index (χ2v) is 0. The van der Waals surface area contributed by atoms with Gasteiger partial charge in [-0.2, -0.15) is 0 Å². The first-order valence-corrected chi connectivity index (χ1v) is 0. The Morgan fingerprint density at radius 2 is 0.600 bits per heavy atom. The Balaban J connectivity index is 0. The van der Waals surface area contributed by atoms with Crippen molar-refractivity contribution in [1.82, 2.24) is 0 Å². The minimum absolute atomic E-state index is 0. The van der Waals surface area contributed by atoms with Gasteiger partial charge in [0.25, 0.3) is 0 Å². The van der Waals surface area contributed by atoms with E-state index in [1.54, 1.807) is 0 Å². The smallest absolute Gasteiger partial charge is 1.00 e. The van der Waals surface area contributed by atoms with Crippen LogP contribution in [0.25, 0.3) is 0 Å². The van der Waals surface area contributed by atoms with Crippen molar-refractivity contribution in [3.63, 3.8) is 0 Å². The molecule has 0 amide bonds. The van der Waals surface area contributed by atoms with E-state index in [-0.39, 0.29) is 226 Å². The van der Waals surface area contributed by atoms with Crippen molar-refractivity contribution in [3.8, 4) is 0 Å². The molecule has 0 bridgehead atoms. The van der Waals surface area contributed by atoms with Crippen LogP contribution in [0.2, 0.25) is 0 Å². The summed E-state index contributed by atoms with van der Waals surface area (Å²) in [6.07, 6.45) is 0. The molecule has 0 aromatic carbocycles. The summed E-state index contributed by atoms with van der Waals surface area (Å²) >= 11 is 0. The van der Waals surface area contributed by atoms with E-state index >= 15 is 0 Å². The molecule has 5 heteroatoms. The normalized spacial score (nSPS) is 0. The predicted molar refractivity (Wildman–Crippen MR) is 0.686 cm³/mol. The molecule has 0 aromatic heterocycles. The summed E-state index contributed by atoms with van der Waals surface area (Å²) in [5.41, 5.74) is 0. The Bertz CT molecular complexity index is 7.61. The minimum Gasteiger partial charge on any atom is -2.00 e. The zero-order chi connectivity index (χ0) is 0. The first-order valence-electron chi connectivity index (χ1n) is 0. The number of hydrogen-bond donors (Lipinski definition) is 0. The standard InChI is InChI=1S/2Cs.O.2Pr/q2*+1;-2;;. The van der Waals surface area contributed by atoms with Gasteiger partial charge in [-0.1, -0.05) is 0 Å². The van der Waals surface area contributed by atoms with Gasteiger partial charge < -0.3 is 5.48 Å². The van der Waals surface area contributed by atoms with E-state index < -0.39 is 0 Å². The molecule has 0 N–H and O–H groups in total. The molecule has 0 atom stereocenters. The third-order valence-corrected chi connectivity index (χ3v) is 0. The third-order valence-electron chi connectivity index (χ3n) is 0. The maximum absolute atomic E-state index is 0. The van der Waals surface area contributed by atoms with Crippen molar-refractivity contribution in [1.29, 1.82) is 0 Å². The van der Waals surface area contributed by atoms with E-state index in [4.69, 9.17) is 0 Å². The van der Waals surface area contributed by atoms with Crippen LogP contribution in [-0.4, -0.2) is 0 Å². The van der Waals surface area contributed by atoms with Gasteiger partial charge >= 0.3 is 138 Å². The van der Waals surface area contributed by atoms with Crippen LogP contribution in [0.4, 0.5) is 0 Å². The van der Waals surface area contributed by atoms with Crippen molar-refractivity contribution in [3.05, 3.63) is 0 Å². The Kier molecular flexibility index (Phi) is 134. The summed E-state index contributed by atoms with van der Waals surface area (Å²) in [6.45, 7) is 0. The van der Waals surface area contributed by atoms with Gasteiger partial charge in [0.15, 0.2) is 0 Å². The molecule has 0 rings (SSSR count). The van der Waals surface area contributed by atoms with E-state index in [1.807, 2.05) is 0 Å². The van der Waals surface area contributed by atoms with Crippen molar-refractivity contribution in [2.24, 2.45) is 0 Å². The maximum atomic E-state index is 0. The van der Waals surface area contributed by atoms with Gasteiger partial charge in [0.2, 0.25) is 0 Å². The van der Waals surface area contributed by atoms with Gasteiger partial charge in [-0.05, 0) is 0 Å². The van der Waals surface area contributed by atoms with E-state index in [0.29, 0.717) is 0 Å². The van der Waals surface area contributed by atoms with Crippen molar-refractivity contribution in [2.45, 2.75) is 0 Å². The van der Waals surface area contributed by atoms with Crippen LogP contribution in [0.1, 0.15) is 0 Å². The van der Waals surface area contributed by atoms with E-state index in [1.165, 1.54) is 0 Å². The van der Waals surface area contributed by atoms with Crippen LogP contribution >= 0.6 is 0 Å². The third kappa shape index (κ3) is 18.1. The summed E-state index contributed by atoms with van der Waals surface area (Å²) in [4.78, 5) is 0. The first-order chi connectivity index (χ1) is 0. The van der Waals surface area contributed by atoms with Crippen LogP contribution in [0.15, 0.2) is 0 Å². The van der Waals surface area contributed by atoms with Gasteiger partial charge in [0.1, 0.15) is 0 Å². The van der Waals surface area contributed by atoms with Crippen LogP contribution in [0.5, 0.6) is 0 Å². The fraction of sp³-hybridized carbons (Fsp3) is 0. The Labute approximate surface area is 216 Å². The van der Waals surface area contributed by atoms with Gasteiger partial charge in [0, 0.05) is 82.6 Å². The second-order valence-electron chi connectivity index (χ2n) is 0. The molecule has 2 radical (unpaired) electrons. The zero-order valence-electron chi connectivity index (χ0n) is 3.56. The average Bonchev–Trinajstić information content (AvgIpc) is 0. The molecular formula is Cs2OPr2. The van der Waals surface area contributed by atoms with E-state index in [0.717, 1.165) is 0 Å². The van der Waals surface area contributed by atoms with Crippen molar-refractivity contribution < 1.29 is 226 Å². The molecule has 0 fully saturated rings. The largest absolute Gasteiger partial charge is 2.00 e. The summed E-state index contributed by atoms with van der Waals surface area (Å²) in [5, 5.41) is 0. The van der Waals surface area contributed by atoms with Crippen LogP contribution < -0.4 is 138 Å². The summed E-state index contributed by atoms with van der Waals surface area (Å²) in [5.74, 6) is 0. The molecule has 0 aliphatic carbocycles. The molecule has 0 heterocycles. The second kappa shape index (κ2) is 22.4. The number of hydrogen-bond acceptors (Lipinski definition) is 0. The number of rotatable bonds is 0. The molecule has 0 aromatic rings. The molecule has 0 unspecified atom stereocenters. The SMILES string of the molecule is [Cs+].[Cs+].[O-2].[Pr].[Pr]. The topological polar surface area (TPSA) is 28.5 Å². The minimum atomic E-state index is 0. The molecule has 0 aliphatic rings. The molecule has 0 saturated heterocycles. The Morgan fingerprint density at radius 1 is 0.600 bits per heavy atom. The van der Waals surface area contributed by atoms with Crippen LogP contribution in [0, 0.1) is 82.6 Å². The molecule has 0 aliphatic heterocycles. The van der Waals surface area contributed by atoms with E-state index in [2.05, 4.69) is 0 Å². The maximum Gasteiger partial charge on any atom is 1.00 e. The molecule has 0 saturated carbocycles. The average molecular weight is 564 g/mol. The fourth-order valence-electron chi connectivity index (χ4n) is 0. The quantitative estimate of drug-likeness (QED) is 0.281. The predicted octanol–water partition coefficient (Wildman–Crippen LogP) is -6.11. The van der Waals surface area contributed by atoms with Crippen molar-refractivity contribution in [2.75, 3.05) is 0 Å². The van der Waals surface area contributed by atoms with E-state index in [9.17, 15) is 0 Å². The monoisotopic (exact) mass is 564 g/mol. The molecular weight excluding hydrogens is 564 g/mol. The van der Waals surface area contributed by atoms with Gasteiger partial charge in [0.05, 0.1) is 0 Å². The Morgan fingerprint density at radius 3 is 0.600 bits per heavy atom. The molecule has 0 spiro atoms. The molecule has 14 valence electrons. The summed E-state index contributed by atoms with van der Waals surface area (Å²) in [6, 6.07) is 0. The fourth-order valence-corrected chi connectivity index (χ4v) is 0. The van der Waals surface area contributed by atoms with Gasteiger partial charge in [-0.3, -0.25) is 0 Å². The van der Waals surface area contributed by atoms with Crippen LogP contribution in [0.3, 0.4) is 0 Å². The zero-order valence-corrected chi connectivity index (χ0v) is 23.5. The van der Waals surface area contributed by atoms with Gasteiger partial charge in [-0.25, -0.2) is 0 Å². The van der Waals surface area contributed by atoms with Crippen molar-refractivity contribution >= 4 is 0 Å². The Hall–Kier alpha value is 6.79. The summed E-state index contributed by atoms with van der Waals surface area (Å²) < 4.78 is 0.